The first-order valence-electron chi connectivity index (χ1n) is 16.3. The van der Waals surface area contributed by atoms with Crippen LogP contribution in [0, 0.1) is 11.3 Å². The van der Waals surface area contributed by atoms with E-state index in [9.17, 15) is 19.2 Å². The van der Waals surface area contributed by atoms with Crippen molar-refractivity contribution in [3.63, 3.8) is 0 Å². The summed E-state index contributed by atoms with van der Waals surface area (Å²) in [6.07, 6.45) is 2.43. The fraction of sp³-hybridized carbons (Fsp3) is 0.119. The fourth-order valence-electron chi connectivity index (χ4n) is 4.79. The normalized spacial score (nSPS) is 10.3. The molecule has 0 aliphatic heterocycles. The van der Waals surface area contributed by atoms with Gasteiger partial charge in [-0.25, -0.2) is 19.2 Å². The molecule has 0 aromatic heterocycles. The molecule has 11 nitrogen and oxygen atoms in total. The molecule has 0 fully saturated rings. The molecule has 0 heterocycles. The lowest BCUT2D eigenvalue weighted by Gasteiger charge is -2.12. The molecule has 0 aliphatic rings. The second-order valence-corrected chi connectivity index (χ2v) is 11.2. The number of hydrogen-bond acceptors (Lipinski definition) is 11. The van der Waals surface area contributed by atoms with Gasteiger partial charge < -0.3 is 28.4 Å². The zero-order chi connectivity index (χ0) is 37.6. The number of hydrogen-bond donors (Lipinski definition) is 0. The Hall–Kier alpha value is -7.19. The highest BCUT2D eigenvalue weighted by atomic mass is 16.6. The third-order valence-electron chi connectivity index (χ3n) is 7.62. The molecule has 5 rings (SSSR count). The molecule has 53 heavy (non-hydrogen) atoms. The van der Waals surface area contributed by atoms with Gasteiger partial charge in [0.2, 0.25) is 0 Å². The van der Waals surface area contributed by atoms with Crippen molar-refractivity contribution in [2.75, 3.05) is 20.3 Å². The first kappa shape index (κ1) is 37.1. The van der Waals surface area contributed by atoms with Crippen LogP contribution in [0.3, 0.4) is 0 Å². The molecule has 5 aromatic carbocycles. The quantitative estimate of drug-likeness (QED) is 0.0454. The molecular weight excluding hydrogens is 678 g/mol. The number of ether oxygens (including phenoxy) is 6. The van der Waals surface area contributed by atoms with E-state index in [1.165, 1.54) is 49.6 Å². The maximum atomic E-state index is 12.9. The fourth-order valence-corrected chi connectivity index (χ4v) is 4.79. The second kappa shape index (κ2) is 18.2. The summed E-state index contributed by atoms with van der Waals surface area (Å²) in [4.78, 5) is 49.5. The highest BCUT2D eigenvalue weighted by Crippen LogP contribution is 2.30. The van der Waals surface area contributed by atoms with Crippen LogP contribution in [-0.4, -0.2) is 44.2 Å². The van der Waals surface area contributed by atoms with Crippen molar-refractivity contribution in [1.82, 2.24) is 0 Å². The maximum absolute atomic E-state index is 12.9. The second-order valence-electron chi connectivity index (χ2n) is 11.2. The zero-order valence-electron chi connectivity index (χ0n) is 28.6. The summed E-state index contributed by atoms with van der Waals surface area (Å²) < 4.78 is 32.4. The van der Waals surface area contributed by atoms with Crippen LogP contribution in [0.5, 0.6) is 28.7 Å². The van der Waals surface area contributed by atoms with Gasteiger partial charge >= 0.3 is 23.9 Å². The number of carbonyl (C=O) groups is 4. The van der Waals surface area contributed by atoms with Crippen molar-refractivity contribution < 1.29 is 47.6 Å². The lowest BCUT2D eigenvalue weighted by atomic mass is 10.0. The van der Waals surface area contributed by atoms with Crippen molar-refractivity contribution >= 4 is 23.9 Å². The van der Waals surface area contributed by atoms with E-state index < -0.39 is 23.9 Å². The van der Waals surface area contributed by atoms with Crippen molar-refractivity contribution in [1.29, 1.82) is 5.26 Å². The average molecular weight is 712 g/mol. The van der Waals surface area contributed by atoms with Gasteiger partial charge in [0.15, 0.2) is 11.5 Å². The van der Waals surface area contributed by atoms with E-state index in [4.69, 9.17) is 33.7 Å². The average Bonchev–Trinajstić information content (AvgIpc) is 3.20. The number of rotatable bonds is 15. The SMILES string of the molecule is C=CC(=O)OCCCCOc1ccc(C(=O)Oc2ccc(C(=O)Oc3ccc(C(=O)Oc4ccc(-c5ccc(C#N)cc5)cc4)cc3OC)cc2)cc1. The number of benzene rings is 5. The monoisotopic (exact) mass is 711 g/mol. The van der Waals surface area contributed by atoms with Crippen molar-refractivity contribution in [2.45, 2.75) is 12.8 Å². The van der Waals surface area contributed by atoms with Gasteiger partial charge in [-0.3, -0.25) is 0 Å². The molecule has 0 saturated heterocycles. The van der Waals surface area contributed by atoms with E-state index in [1.54, 1.807) is 60.7 Å². The van der Waals surface area contributed by atoms with Gasteiger partial charge in [-0.2, -0.15) is 5.26 Å². The Bertz CT molecular complexity index is 2120. The van der Waals surface area contributed by atoms with Crippen molar-refractivity contribution in [3.8, 4) is 45.9 Å². The van der Waals surface area contributed by atoms with E-state index in [1.807, 2.05) is 12.1 Å². The van der Waals surface area contributed by atoms with Gasteiger partial charge in [0.1, 0.15) is 17.2 Å². The lowest BCUT2D eigenvalue weighted by Crippen LogP contribution is -2.12. The highest BCUT2D eigenvalue weighted by Gasteiger charge is 2.18. The summed E-state index contributed by atoms with van der Waals surface area (Å²) in [6, 6.07) is 32.7. The summed E-state index contributed by atoms with van der Waals surface area (Å²) >= 11 is 0. The van der Waals surface area contributed by atoms with E-state index in [0.717, 1.165) is 17.2 Å². The first-order valence-corrected chi connectivity index (χ1v) is 16.3. The predicted octanol–water partition coefficient (Wildman–Crippen LogP) is 7.78. The Kier molecular flexibility index (Phi) is 12.7. The Morgan fingerprint density at radius 1 is 0.604 bits per heavy atom. The van der Waals surface area contributed by atoms with Gasteiger partial charge in [0.25, 0.3) is 0 Å². The number of unbranched alkanes of at least 4 members (excludes halogenated alkanes) is 1. The molecule has 266 valence electrons. The molecule has 5 aromatic rings. The minimum Gasteiger partial charge on any atom is -0.494 e. The van der Waals surface area contributed by atoms with Gasteiger partial charge in [0, 0.05) is 6.08 Å². The number of methoxy groups -OCH3 is 1. The number of carbonyl (C=O) groups excluding carboxylic acids is 4. The van der Waals surface area contributed by atoms with Gasteiger partial charge in [-0.1, -0.05) is 30.8 Å². The Morgan fingerprint density at radius 2 is 1.09 bits per heavy atom. The molecule has 0 aliphatic carbocycles. The van der Waals surface area contributed by atoms with Crippen LogP contribution in [0.1, 0.15) is 49.5 Å². The Balaban J connectivity index is 1.10. The van der Waals surface area contributed by atoms with Crippen LogP contribution < -0.4 is 23.7 Å². The topological polar surface area (TPSA) is 147 Å². The van der Waals surface area contributed by atoms with Gasteiger partial charge in [0.05, 0.1) is 48.6 Å². The Labute approximate surface area is 305 Å². The maximum Gasteiger partial charge on any atom is 0.343 e. The van der Waals surface area contributed by atoms with Gasteiger partial charge in [-0.15, -0.1) is 0 Å². The molecular formula is C42H33NO10. The van der Waals surface area contributed by atoms with Crippen LogP contribution in [0.15, 0.2) is 128 Å². The molecule has 0 unspecified atom stereocenters. The zero-order valence-corrected chi connectivity index (χ0v) is 28.6. The van der Waals surface area contributed by atoms with Gasteiger partial charge in [-0.05, 0) is 115 Å². The van der Waals surface area contributed by atoms with E-state index in [2.05, 4.69) is 12.6 Å². The molecule has 0 saturated carbocycles. The third-order valence-corrected chi connectivity index (χ3v) is 7.62. The van der Waals surface area contributed by atoms with Crippen LogP contribution in [-0.2, 0) is 9.53 Å². The summed E-state index contributed by atoms with van der Waals surface area (Å²) in [5, 5.41) is 9.00. The van der Waals surface area contributed by atoms with Crippen LogP contribution >= 0.6 is 0 Å². The Morgan fingerprint density at radius 3 is 1.66 bits per heavy atom. The molecule has 0 bridgehead atoms. The smallest absolute Gasteiger partial charge is 0.343 e. The van der Waals surface area contributed by atoms with Crippen LogP contribution in [0.4, 0.5) is 0 Å². The van der Waals surface area contributed by atoms with E-state index in [0.29, 0.717) is 42.1 Å². The number of nitriles is 1. The largest absolute Gasteiger partial charge is 0.494 e. The predicted molar refractivity (Wildman–Crippen MR) is 193 cm³/mol. The number of esters is 4. The van der Waals surface area contributed by atoms with Crippen LogP contribution in [0.25, 0.3) is 11.1 Å². The minimum atomic E-state index is -0.702. The summed E-state index contributed by atoms with van der Waals surface area (Å²) in [5.41, 5.74) is 3.02. The molecule has 0 amide bonds. The number of nitrogens with zero attached hydrogens (tertiary/aromatic N) is 1. The molecule has 0 atom stereocenters. The minimum absolute atomic E-state index is 0.0813. The molecule has 11 heteroatoms. The standard InChI is InChI=1S/C42H33NO10/c1-3-39(44)50-25-5-4-24-49-34-17-12-31(13-18-34)40(45)51-36-21-14-32(15-22-36)41(46)53-37-23-16-33(26-38(37)48-2)42(47)52-35-19-10-30(11-20-35)29-8-6-28(27-43)7-9-29/h3,6-23,26H,1,4-5,24-25H2,2H3. The highest BCUT2D eigenvalue weighted by molar-refractivity contribution is 5.94. The lowest BCUT2D eigenvalue weighted by molar-refractivity contribution is -0.137. The van der Waals surface area contributed by atoms with Crippen LogP contribution in [0.2, 0.25) is 0 Å². The summed E-state index contributed by atoms with van der Waals surface area (Å²) in [5.74, 6) is -1.07. The third kappa shape index (κ3) is 10.4. The summed E-state index contributed by atoms with van der Waals surface area (Å²) in [7, 11) is 1.38. The van der Waals surface area contributed by atoms with E-state index >= 15 is 0 Å². The molecule has 0 N–H and O–H groups in total. The summed E-state index contributed by atoms with van der Waals surface area (Å²) in [6.45, 7) is 4.04. The van der Waals surface area contributed by atoms with E-state index in [-0.39, 0.29) is 35.0 Å². The molecule has 0 spiro atoms. The molecule has 0 radical (unpaired) electrons. The first-order chi connectivity index (χ1) is 25.8. The van der Waals surface area contributed by atoms with Crippen molar-refractivity contribution in [3.05, 3.63) is 150 Å². The van der Waals surface area contributed by atoms with Crippen molar-refractivity contribution in [2.24, 2.45) is 0 Å².